The lowest BCUT2D eigenvalue weighted by atomic mass is 10.1. The first-order valence-electron chi connectivity index (χ1n) is 9.31. The van der Waals surface area contributed by atoms with Crippen LogP contribution in [0.4, 0.5) is 10.1 Å². The van der Waals surface area contributed by atoms with E-state index in [4.69, 9.17) is 5.73 Å². The van der Waals surface area contributed by atoms with E-state index in [1.165, 1.54) is 6.07 Å². The Labute approximate surface area is 163 Å². The molecule has 0 atom stereocenters. The molecule has 0 fully saturated rings. The Bertz CT molecular complexity index is 984. The highest BCUT2D eigenvalue weighted by molar-refractivity contribution is 5.94. The lowest BCUT2D eigenvalue weighted by molar-refractivity contribution is 0.0951. The highest BCUT2D eigenvalue weighted by Gasteiger charge is 2.19. The van der Waals surface area contributed by atoms with Crippen molar-refractivity contribution in [2.75, 3.05) is 4.90 Å². The van der Waals surface area contributed by atoms with E-state index in [-0.39, 0.29) is 11.7 Å². The smallest absolute Gasteiger partial charge is 0.251 e. The van der Waals surface area contributed by atoms with Gasteiger partial charge < -0.3 is 16.0 Å². The zero-order valence-electron chi connectivity index (χ0n) is 15.5. The minimum atomic E-state index is -0.203. The quantitative estimate of drug-likeness (QED) is 0.714. The molecule has 0 saturated heterocycles. The van der Waals surface area contributed by atoms with Gasteiger partial charge in [0.25, 0.3) is 5.91 Å². The topological polar surface area (TPSA) is 58.4 Å². The number of nitrogens with one attached hydrogen (secondary N) is 1. The number of carbonyl (C=O) groups excluding carboxylic acids is 1. The molecule has 1 aliphatic heterocycles. The zero-order chi connectivity index (χ0) is 19.5. The van der Waals surface area contributed by atoms with Crippen molar-refractivity contribution >= 4 is 11.6 Å². The van der Waals surface area contributed by atoms with Crippen molar-refractivity contribution in [2.24, 2.45) is 5.73 Å². The molecule has 0 aliphatic carbocycles. The number of rotatable bonds is 5. The highest BCUT2D eigenvalue weighted by Crippen LogP contribution is 2.28. The maximum Gasteiger partial charge on any atom is 0.251 e. The summed E-state index contributed by atoms with van der Waals surface area (Å²) in [6.45, 7) is 2.41. The molecule has 1 heterocycles. The van der Waals surface area contributed by atoms with E-state index in [1.807, 2.05) is 54.6 Å². The first-order chi connectivity index (χ1) is 13.6. The largest absolute Gasteiger partial charge is 0.363 e. The lowest BCUT2D eigenvalue weighted by Gasteiger charge is -2.18. The SMILES string of the molecule is NCc1ccc(CNC(=O)c2ccc(N3Cc4ccc(F)cc4C3)cc2)cc1. The summed E-state index contributed by atoms with van der Waals surface area (Å²) in [5, 5.41) is 2.94. The van der Waals surface area contributed by atoms with Gasteiger partial charge in [-0.25, -0.2) is 4.39 Å². The van der Waals surface area contributed by atoms with Gasteiger partial charge in [-0.1, -0.05) is 30.3 Å². The summed E-state index contributed by atoms with van der Waals surface area (Å²) in [5.74, 6) is -0.313. The molecule has 0 unspecified atom stereocenters. The van der Waals surface area contributed by atoms with Gasteiger partial charge in [-0.2, -0.15) is 0 Å². The Balaban J connectivity index is 1.37. The number of amides is 1. The van der Waals surface area contributed by atoms with Crippen LogP contribution in [0.5, 0.6) is 0 Å². The summed E-state index contributed by atoms with van der Waals surface area (Å²) in [6.07, 6.45) is 0. The van der Waals surface area contributed by atoms with Crippen LogP contribution < -0.4 is 16.0 Å². The second-order valence-electron chi connectivity index (χ2n) is 7.02. The van der Waals surface area contributed by atoms with Gasteiger partial charge in [-0.15, -0.1) is 0 Å². The van der Waals surface area contributed by atoms with Crippen LogP contribution in [0, 0.1) is 5.82 Å². The Morgan fingerprint density at radius 1 is 0.929 bits per heavy atom. The normalized spacial score (nSPS) is 12.7. The van der Waals surface area contributed by atoms with Gasteiger partial charge in [0.1, 0.15) is 5.82 Å². The maximum absolute atomic E-state index is 13.4. The Kier molecular flexibility index (Phi) is 5.08. The number of nitrogens with two attached hydrogens (primary N) is 1. The zero-order valence-corrected chi connectivity index (χ0v) is 15.5. The monoisotopic (exact) mass is 375 g/mol. The number of anilines is 1. The van der Waals surface area contributed by atoms with Crippen molar-refractivity contribution in [3.63, 3.8) is 0 Å². The van der Waals surface area contributed by atoms with Gasteiger partial charge in [0.2, 0.25) is 0 Å². The fourth-order valence-corrected chi connectivity index (χ4v) is 3.45. The molecule has 0 spiro atoms. The first kappa shape index (κ1) is 18.2. The average molecular weight is 375 g/mol. The van der Waals surface area contributed by atoms with Crippen LogP contribution in [0.2, 0.25) is 0 Å². The van der Waals surface area contributed by atoms with Gasteiger partial charge in [0.05, 0.1) is 0 Å². The van der Waals surface area contributed by atoms with Crippen molar-refractivity contribution in [1.82, 2.24) is 5.32 Å². The molecule has 0 aromatic heterocycles. The third-order valence-electron chi connectivity index (χ3n) is 5.10. The van der Waals surface area contributed by atoms with Crippen molar-refractivity contribution in [3.8, 4) is 0 Å². The highest BCUT2D eigenvalue weighted by atomic mass is 19.1. The molecular weight excluding hydrogens is 353 g/mol. The molecule has 5 heteroatoms. The van der Waals surface area contributed by atoms with Gasteiger partial charge >= 0.3 is 0 Å². The molecule has 1 aliphatic rings. The molecule has 0 saturated carbocycles. The second-order valence-corrected chi connectivity index (χ2v) is 7.02. The molecule has 1 amide bonds. The van der Waals surface area contributed by atoms with E-state index < -0.39 is 0 Å². The van der Waals surface area contributed by atoms with E-state index in [0.29, 0.717) is 25.2 Å². The number of fused-ring (bicyclic) bond motifs is 1. The van der Waals surface area contributed by atoms with Crippen molar-refractivity contribution in [1.29, 1.82) is 0 Å². The standard InChI is InChI=1S/C23H22FN3O/c24-21-8-5-19-14-27(15-20(19)11-21)22-9-6-18(7-10-22)23(28)26-13-17-3-1-16(12-25)2-4-17/h1-11H,12-15,25H2,(H,26,28). The van der Waals surface area contributed by atoms with Crippen LogP contribution in [0.25, 0.3) is 0 Å². The number of hydrogen-bond donors (Lipinski definition) is 2. The summed E-state index contributed by atoms with van der Waals surface area (Å²) in [7, 11) is 0. The van der Waals surface area contributed by atoms with Crippen LogP contribution in [0.3, 0.4) is 0 Å². The summed E-state index contributed by atoms with van der Waals surface area (Å²) in [5.41, 5.74) is 11.5. The summed E-state index contributed by atoms with van der Waals surface area (Å²) >= 11 is 0. The molecule has 0 bridgehead atoms. The lowest BCUT2D eigenvalue weighted by Crippen LogP contribution is -2.23. The number of halogens is 1. The van der Waals surface area contributed by atoms with E-state index in [0.717, 1.165) is 34.5 Å². The summed E-state index contributed by atoms with van der Waals surface area (Å²) in [6, 6.07) is 20.3. The number of hydrogen-bond acceptors (Lipinski definition) is 3. The minimum Gasteiger partial charge on any atom is -0.363 e. The van der Waals surface area contributed by atoms with Crippen molar-refractivity contribution < 1.29 is 9.18 Å². The van der Waals surface area contributed by atoms with Crippen LogP contribution in [-0.2, 0) is 26.2 Å². The van der Waals surface area contributed by atoms with Crippen LogP contribution in [-0.4, -0.2) is 5.91 Å². The molecule has 3 aromatic rings. The van der Waals surface area contributed by atoms with E-state index in [1.54, 1.807) is 6.07 Å². The fourth-order valence-electron chi connectivity index (χ4n) is 3.45. The Morgan fingerprint density at radius 2 is 1.61 bits per heavy atom. The third kappa shape index (κ3) is 3.89. The van der Waals surface area contributed by atoms with E-state index in [2.05, 4.69) is 10.2 Å². The second kappa shape index (κ2) is 7.82. The Hall–Kier alpha value is -3.18. The fraction of sp³-hybridized carbons (Fsp3) is 0.174. The average Bonchev–Trinajstić information content (AvgIpc) is 3.15. The predicted molar refractivity (Wildman–Crippen MR) is 108 cm³/mol. The first-order valence-corrected chi connectivity index (χ1v) is 9.31. The molecule has 3 aromatic carbocycles. The molecule has 28 heavy (non-hydrogen) atoms. The minimum absolute atomic E-state index is 0.110. The van der Waals surface area contributed by atoms with Crippen LogP contribution in [0.1, 0.15) is 32.6 Å². The van der Waals surface area contributed by atoms with Crippen molar-refractivity contribution in [2.45, 2.75) is 26.2 Å². The third-order valence-corrected chi connectivity index (χ3v) is 5.10. The molecule has 0 radical (unpaired) electrons. The molecule has 3 N–H and O–H groups in total. The molecule has 4 nitrogen and oxygen atoms in total. The van der Waals surface area contributed by atoms with Gasteiger partial charge in [-0.3, -0.25) is 4.79 Å². The summed E-state index contributed by atoms with van der Waals surface area (Å²) < 4.78 is 13.4. The summed E-state index contributed by atoms with van der Waals surface area (Å²) in [4.78, 5) is 14.6. The number of benzene rings is 3. The Morgan fingerprint density at radius 3 is 2.32 bits per heavy atom. The van der Waals surface area contributed by atoms with Gasteiger partial charge in [0.15, 0.2) is 0 Å². The van der Waals surface area contributed by atoms with Crippen LogP contribution >= 0.6 is 0 Å². The van der Waals surface area contributed by atoms with E-state index >= 15 is 0 Å². The van der Waals surface area contributed by atoms with Gasteiger partial charge in [0, 0.05) is 37.4 Å². The molecular formula is C23H22FN3O. The van der Waals surface area contributed by atoms with Crippen molar-refractivity contribution in [3.05, 3.63) is 100 Å². The van der Waals surface area contributed by atoms with E-state index in [9.17, 15) is 9.18 Å². The molecule has 142 valence electrons. The van der Waals surface area contributed by atoms with Crippen LogP contribution in [0.15, 0.2) is 66.7 Å². The van der Waals surface area contributed by atoms with Gasteiger partial charge in [-0.05, 0) is 58.7 Å². The number of carbonyl (C=O) groups is 1. The maximum atomic E-state index is 13.4. The number of nitrogens with zero attached hydrogens (tertiary/aromatic N) is 1. The molecule has 4 rings (SSSR count). The predicted octanol–water partition coefficient (Wildman–Crippen LogP) is 3.73.